The number of carbonyl (C=O) groups excluding carboxylic acids is 1. The Morgan fingerprint density at radius 1 is 1.50 bits per heavy atom. The molecular weight excluding hydrogens is 204 g/mol. The first-order chi connectivity index (χ1) is 7.63. The molecule has 1 aromatic carbocycles. The molecule has 1 aromatic rings. The van der Waals surface area contributed by atoms with E-state index in [9.17, 15) is 4.79 Å². The van der Waals surface area contributed by atoms with E-state index in [-0.39, 0.29) is 18.0 Å². The summed E-state index contributed by atoms with van der Waals surface area (Å²) in [6.07, 6.45) is 0.415. The van der Waals surface area contributed by atoms with Gasteiger partial charge in [0, 0.05) is 19.5 Å². The molecule has 1 aliphatic heterocycles. The van der Waals surface area contributed by atoms with Crippen LogP contribution in [0.4, 0.5) is 0 Å². The number of hydrogen-bond donors (Lipinski definition) is 1. The smallest absolute Gasteiger partial charge is 0.224 e. The van der Waals surface area contributed by atoms with Crippen LogP contribution in [0.25, 0.3) is 0 Å². The van der Waals surface area contributed by atoms with Crippen LogP contribution in [0.15, 0.2) is 24.3 Å². The van der Waals surface area contributed by atoms with E-state index in [0.29, 0.717) is 6.42 Å². The highest BCUT2D eigenvalue weighted by Crippen LogP contribution is 2.31. The number of hydrogen-bond acceptors (Lipinski definition) is 3. The number of amides is 1. The Morgan fingerprint density at radius 3 is 2.81 bits per heavy atom. The lowest BCUT2D eigenvalue weighted by molar-refractivity contribution is -0.127. The van der Waals surface area contributed by atoms with Crippen LogP contribution in [0.1, 0.15) is 18.0 Å². The van der Waals surface area contributed by atoms with Crippen LogP contribution in [-0.2, 0) is 4.79 Å². The van der Waals surface area contributed by atoms with Gasteiger partial charge in [-0.2, -0.15) is 0 Å². The minimum atomic E-state index is -0.135. The van der Waals surface area contributed by atoms with Gasteiger partial charge in [0.15, 0.2) is 0 Å². The van der Waals surface area contributed by atoms with Gasteiger partial charge < -0.3 is 15.4 Å². The third kappa shape index (κ3) is 1.76. The van der Waals surface area contributed by atoms with E-state index in [1.807, 2.05) is 24.3 Å². The molecule has 0 aromatic heterocycles. The molecule has 1 amide bonds. The summed E-state index contributed by atoms with van der Waals surface area (Å²) in [7, 11) is 3.42. The first-order valence-corrected chi connectivity index (χ1v) is 5.28. The molecule has 2 unspecified atom stereocenters. The fourth-order valence-corrected chi connectivity index (χ4v) is 2.20. The second kappa shape index (κ2) is 4.14. The van der Waals surface area contributed by atoms with E-state index < -0.39 is 0 Å². The standard InChI is InChI=1S/C12H16N2O2/c1-14-11(15)7-10(13)12(14)8-4-3-5-9(6-8)16-2/h3-6,10,12H,7,13H2,1-2H3. The molecule has 1 saturated heterocycles. The number of ether oxygens (including phenoxy) is 1. The van der Waals surface area contributed by atoms with Gasteiger partial charge in [-0.3, -0.25) is 4.79 Å². The molecule has 4 heteroatoms. The molecule has 0 saturated carbocycles. The van der Waals surface area contributed by atoms with Crippen LogP contribution in [-0.4, -0.2) is 31.0 Å². The van der Waals surface area contributed by atoms with Gasteiger partial charge in [0.05, 0.1) is 13.2 Å². The SMILES string of the molecule is COc1cccc(C2C(N)CC(=O)N2C)c1. The van der Waals surface area contributed by atoms with Crippen molar-refractivity contribution in [2.75, 3.05) is 14.2 Å². The number of carbonyl (C=O) groups is 1. The number of nitrogens with zero attached hydrogens (tertiary/aromatic N) is 1. The number of benzene rings is 1. The fourth-order valence-electron chi connectivity index (χ4n) is 2.20. The van der Waals surface area contributed by atoms with E-state index in [1.54, 1.807) is 19.1 Å². The van der Waals surface area contributed by atoms with Crippen LogP contribution in [0.2, 0.25) is 0 Å². The minimum Gasteiger partial charge on any atom is -0.497 e. The summed E-state index contributed by atoms with van der Waals surface area (Å²) in [6, 6.07) is 7.53. The number of nitrogens with two attached hydrogens (primary N) is 1. The third-order valence-corrected chi connectivity index (χ3v) is 3.06. The lowest BCUT2D eigenvalue weighted by Gasteiger charge is -2.23. The molecule has 1 aliphatic rings. The Kier molecular flexibility index (Phi) is 2.83. The van der Waals surface area contributed by atoms with E-state index in [0.717, 1.165) is 11.3 Å². The second-order valence-electron chi connectivity index (χ2n) is 4.09. The average molecular weight is 220 g/mol. The molecule has 0 aliphatic carbocycles. The van der Waals surface area contributed by atoms with Crippen LogP contribution in [0.5, 0.6) is 5.75 Å². The van der Waals surface area contributed by atoms with Gasteiger partial charge in [0.25, 0.3) is 0 Å². The predicted octanol–water partition coefficient (Wildman–Crippen LogP) is 0.926. The van der Waals surface area contributed by atoms with Crippen molar-refractivity contribution in [1.29, 1.82) is 0 Å². The minimum absolute atomic E-state index is 0.0393. The molecule has 4 nitrogen and oxygen atoms in total. The van der Waals surface area contributed by atoms with Crippen molar-refractivity contribution in [1.82, 2.24) is 4.90 Å². The van der Waals surface area contributed by atoms with Gasteiger partial charge in [0.1, 0.15) is 5.75 Å². The Morgan fingerprint density at radius 2 is 2.25 bits per heavy atom. The van der Waals surface area contributed by atoms with Gasteiger partial charge in [-0.1, -0.05) is 12.1 Å². The maximum Gasteiger partial charge on any atom is 0.224 e. The molecule has 0 radical (unpaired) electrons. The normalized spacial score (nSPS) is 24.9. The van der Waals surface area contributed by atoms with Gasteiger partial charge in [-0.15, -0.1) is 0 Å². The van der Waals surface area contributed by atoms with Crippen molar-refractivity contribution in [2.24, 2.45) is 5.73 Å². The zero-order valence-electron chi connectivity index (χ0n) is 9.51. The highest BCUT2D eigenvalue weighted by molar-refractivity contribution is 5.80. The highest BCUT2D eigenvalue weighted by atomic mass is 16.5. The Hall–Kier alpha value is -1.55. The molecule has 1 heterocycles. The molecule has 16 heavy (non-hydrogen) atoms. The van der Waals surface area contributed by atoms with Crippen molar-refractivity contribution in [3.63, 3.8) is 0 Å². The maximum atomic E-state index is 11.5. The van der Waals surface area contributed by atoms with Crippen molar-refractivity contribution < 1.29 is 9.53 Å². The van der Waals surface area contributed by atoms with E-state index in [2.05, 4.69) is 0 Å². The maximum absolute atomic E-state index is 11.5. The molecular formula is C12H16N2O2. The molecule has 1 fully saturated rings. The largest absolute Gasteiger partial charge is 0.497 e. The zero-order chi connectivity index (χ0) is 11.7. The summed E-state index contributed by atoms with van der Waals surface area (Å²) >= 11 is 0. The molecule has 2 atom stereocenters. The predicted molar refractivity (Wildman–Crippen MR) is 61.1 cm³/mol. The molecule has 0 spiro atoms. The summed E-state index contributed by atoms with van der Waals surface area (Å²) in [5.74, 6) is 0.887. The van der Waals surface area contributed by atoms with Gasteiger partial charge >= 0.3 is 0 Å². The van der Waals surface area contributed by atoms with E-state index >= 15 is 0 Å². The number of methoxy groups -OCH3 is 1. The number of rotatable bonds is 2. The molecule has 2 rings (SSSR count). The zero-order valence-corrected chi connectivity index (χ0v) is 9.51. The fraction of sp³-hybridized carbons (Fsp3) is 0.417. The van der Waals surface area contributed by atoms with Gasteiger partial charge in [-0.25, -0.2) is 0 Å². The molecule has 2 N–H and O–H groups in total. The highest BCUT2D eigenvalue weighted by Gasteiger charge is 2.36. The lowest BCUT2D eigenvalue weighted by atomic mass is 10.0. The lowest BCUT2D eigenvalue weighted by Crippen LogP contribution is -2.30. The summed E-state index contributed by atoms with van der Waals surface area (Å²) in [5, 5.41) is 0. The second-order valence-corrected chi connectivity index (χ2v) is 4.09. The summed E-state index contributed by atoms with van der Waals surface area (Å²) < 4.78 is 5.17. The average Bonchev–Trinajstić information content (AvgIpc) is 2.53. The van der Waals surface area contributed by atoms with Crippen molar-refractivity contribution in [3.05, 3.63) is 29.8 Å². The first kappa shape index (κ1) is 11.0. The summed E-state index contributed by atoms with van der Waals surface area (Å²) in [5.41, 5.74) is 7.01. The Labute approximate surface area is 95.0 Å². The Bertz CT molecular complexity index is 406. The third-order valence-electron chi connectivity index (χ3n) is 3.06. The Balaban J connectivity index is 2.32. The summed E-state index contributed by atoms with van der Waals surface area (Å²) in [4.78, 5) is 13.2. The quantitative estimate of drug-likeness (QED) is 0.806. The van der Waals surface area contributed by atoms with Gasteiger partial charge in [-0.05, 0) is 17.7 Å². The van der Waals surface area contributed by atoms with Crippen molar-refractivity contribution in [3.8, 4) is 5.75 Å². The number of likely N-dealkylation sites (N-methyl/N-ethyl adjacent to an activating group) is 1. The van der Waals surface area contributed by atoms with Crippen LogP contribution in [0.3, 0.4) is 0 Å². The van der Waals surface area contributed by atoms with Crippen molar-refractivity contribution in [2.45, 2.75) is 18.5 Å². The van der Waals surface area contributed by atoms with Crippen LogP contribution >= 0.6 is 0 Å². The number of likely N-dealkylation sites (tertiary alicyclic amines) is 1. The van der Waals surface area contributed by atoms with Crippen LogP contribution in [0, 0.1) is 0 Å². The topological polar surface area (TPSA) is 55.6 Å². The molecule has 86 valence electrons. The van der Waals surface area contributed by atoms with E-state index in [1.165, 1.54) is 0 Å². The van der Waals surface area contributed by atoms with E-state index in [4.69, 9.17) is 10.5 Å². The monoisotopic (exact) mass is 220 g/mol. The summed E-state index contributed by atoms with van der Waals surface area (Å²) in [6.45, 7) is 0. The van der Waals surface area contributed by atoms with Crippen molar-refractivity contribution >= 4 is 5.91 Å². The van der Waals surface area contributed by atoms with Crippen LogP contribution < -0.4 is 10.5 Å². The molecule has 0 bridgehead atoms. The van der Waals surface area contributed by atoms with Gasteiger partial charge in [0.2, 0.25) is 5.91 Å². The first-order valence-electron chi connectivity index (χ1n) is 5.28.